The van der Waals surface area contributed by atoms with Crippen molar-refractivity contribution < 1.29 is 25.0 Å². The predicted octanol–water partition coefficient (Wildman–Crippen LogP) is 13.2. The van der Waals surface area contributed by atoms with E-state index >= 15 is 0 Å². The molecule has 1 heteroatoms. The third-order valence-electron chi connectivity index (χ3n) is 8.81. The molecule has 0 fully saturated rings. The van der Waals surface area contributed by atoms with Crippen LogP contribution in [0.2, 0.25) is 0 Å². The summed E-state index contributed by atoms with van der Waals surface area (Å²) in [6, 6.07) is 14.2. The summed E-state index contributed by atoms with van der Waals surface area (Å²) < 4.78 is 141. The van der Waals surface area contributed by atoms with Gasteiger partial charge in [-0.15, -0.1) is 0 Å². The van der Waals surface area contributed by atoms with E-state index < -0.39 is 107 Å². The molecule has 0 aliphatic rings. The van der Waals surface area contributed by atoms with Gasteiger partial charge in [0.15, 0.2) is 0 Å². The summed E-state index contributed by atoms with van der Waals surface area (Å²) in [4.78, 5) is 0. The van der Waals surface area contributed by atoms with Crippen molar-refractivity contribution in [1.82, 2.24) is 0 Å². The number of fused-ring (bicyclic) bond motifs is 8. The van der Waals surface area contributed by atoms with Crippen LogP contribution >= 0.6 is 0 Å². The average molecular weight is 612 g/mol. The second-order valence-corrected chi connectivity index (χ2v) is 11.3. The van der Waals surface area contributed by atoms with Crippen LogP contribution in [0.25, 0.3) is 98.4 Å². The van der Waals surface area contributed by atoms with E-state index in [2.05, 4.69) is 0 Å². The molecular weight excluding hydrogens is 569 g/mol. The lowest BCUT2D eigenvalue weighted by Crippen LogP contribution is -1.93. The molecule has 1 heterocycles. The highest BCUT2D eigenvalue weighted by Gasteiger charge is 2.20. The zero-order chi connectivity index (χ0) is 44.0. The maximum Gasteiger partial charge on any atom is 0.136 e. The van der Waals surface area contributed by atoms with Crippen LogP contribution in [0.4, 0.5) is 0 Å². The molecule has 0 unspecified atom stereocenters. The first-order valence-electron chi connectivity index (χ1n) is 22.5. The molecule has 0 N–H and O–H groups in total. The number of rotatable bonds is 3. The monoisotopic (exact) mass is 611 g/mol. The summed E-state index contributed by atoms with van der Waals surface area (Å²) >= 11 is 0. The van der Waals surface area contributed by atoms with Gasteiger partial charge in [-0.1, -0.05) is 151 Å². The molecule has 0 bridgehead atoms. The van der Waals surface area contributed by atoms with Gasteiger partial charge >= 0.3 is 0 Å². The molecule has 0 aliphatic carbocycles. The number of benzene rings is 9. The molecule has 0 spiro atoms. The van der Waals surface area contributed by atoms with Gasteiger partial charge in [0, 0.05) is 10.8 Å². The van der Waals surface area contributed by atoms with Gasteiger partial charge in [0.2, 0.25) is 0 Å². The van der Waals surface area contributed by atoms with E-state index in [0.29, 0.717) is 27.9 Å². The van der Waals surface area contributed by atoms with E-state index in [0.717, 1.165) is 21.5 Å². The lowest BCUT2D eigenvalue weighted by atomic mass is 9.83. The van der Waals surface area contributed by atoms with Crippen LogP contribution in [-0.4, -0.2) is 0 Å². The Morgan fingerprint density at radius 3 is 1.77 bits per heavy atom. The van der Waals surface area contributed by atoms with E-state index in [4.69, 9.17) is 18.1 Å². The van der Waals surface area contributed by atoms with Crippen molar-refractivity contribution in [1.29, 1.82) is 0 Å². The molecule has 10 rings (SSSR count). The standard InChI is InChI=1S/C46H28O/c1-3-15-32-29(12-1)14-11-23-36(32)45-39-21-9-7-19-37(39)44(38-20-8-10-22-40(38)45)35-18-6-5-16-33(35)31-24-26-41-43(28-31)47-42-27-25-30-13-2-4-17-34(30)46(41)42/h1-28H/i1D,3D,7D,8D,9D,10D,11D,12D,14D,15D,19D,20D,21D,22D,23D. The summed E-state index contributed by atoms with van der Waals surface area (Å²) in [5, 5.41) is 1.98. The van der Waals surface area contributed by atoms with E-state index in [1.165, 1.54) is 0 Å². The second-order valence-electron chi connectivity index (χ2n) is 11.3. The van der Waals surface area contributed by atoms with Crippen LogP contribution in [0.5, 0.6) is 0 Å². The second kappa shape index (κ2) is 10.2. The third-order valence-corrected chi connectivity index (χ3v) is 8.81. The van der Waals surface area contributed by atoms with Crippen LogP contribution in [0.1, 0.15) is 20.6 Å². The van der Waals surface area contributed by atoms with Crippen molar-refractivity contribution in [2.75, 3.05) is 0 Å². The maximum absolute atomic E-state index is 9.48. The highest BCUT2D eigenvalue weighted by molar-refractivity contribution is 6.24. The minimum atomic E-state index is -0.760. The van der Waals surface area contributed by atoms with Gasteiger partial charge in [0.05, 0.1) is 20.6 Å². The molecule has 0 amide bonds. The largest absolute Gasteiger partial charge is 0.456 e. The van der Waals surface area contributed by atoms with Crippen LogP contribution in [-0.2, 0) is 0 Å². The van der Waals surface area contributed by atoms with E-state index in [-0.39, 0.29) is 32.7 Å². The maximum atomic E-state index is 9.48. The lowest BCUT2D eigenvalue weighted by molar-refractivity contribution is 0.669. The van der Waals surface area contributed by atoms with Gasteiger partial charge in [0.25, 0.3) is 0 Å². The Morgan fingerprint density at radius 1 is 0.383 bits per heavy atom. The van der Waals surface area contributed by atoms with Crippen molar-refractivity contribution in [3.8, 4) is 33.4 Å². The van der Waals surface area contributed by atoms with Gasteiger partial charge in [-0.05, 0) is 94.7 Å². The molecule has 9 aromatic carbocycles. The first kappa shape index (κ1) is 15.4. The van der Waals surface area contributed by atoms with Crippen molar-refractivity contribution in [2.24, 2.45) is 0 Å². The minimum Gasteiger partial charge on any atom is -0.456 e. The third kappa shape index (κ3) is 3.90. The van der Waals surface area contributed by atoms with Crippen LogP contribution in [0.3, 0.4) is 0 Å². The topological polar surface area (TPSA) is 13.1 Å². The zero-order valence-corrected chi connectivity index (χ0v) is 24.4. The number of hydrogen-bond acceptors (Lipinski definition) is 1. The first-order chi connectivity index (χ1) is 29.6. The van der Waals surface area contributed by atoms with Crippen LogP contribution in [0.15, 0.2) is 174 Å². The summed E-state index contributed by atoms with van der Waals surface area (Å²) in [6.07, 6.45) is 0. The predicted molar refractivity (Wildman–Crippen MR) is 200 cm³/mol. The molecule has 218 valence electrons. The average Bonchev–Trinajstić information content (AvgIpc) is 3.67. The minimum absolute atomic E-state index is 0.0185. The Hall–Kier alpha value is -6.18. The summed E-state index contributed by atoms with van der Waals surface area (Å²) in [6.45, 7) is 0. The van der Waals surface area contributed by atoms with Crippen LogP contribution < -0.4 is 0 Å². The van der Waals surface area contributed by atoms with E-state index in [1.54, 1.807) is 24.3 Å². The molecule has 1 nitrogen and oxygen atoms in total. The normalized spacial score (nSPS) is 16.3. The van der Waals surface area contributed by atoms with Crippen molar-refractivity contribution in [2.45, 2.75) is 0 Å². The SMILES string of the molecule is [2H]c1c([2H])c([2H])c2c(-c3c4c([2H])c([2H])c([2H])c([2H])c4c(-c4ccccc4-c4ccc5c(c4)oc4ccc6ccccc6c45)c4c([2H])c([2H])c([2H])c([2H])c34)c([2H])c([2H])c([2H])c2c1[2H]. The van der Waals surface area contributed by atoms with Gasteiger partial charge in [-0.2, -0.15) is 0 Å². The summed E-state index contributed by atoms with van der Waals surface area (Å²) in [5.41, 5.74) is 1.90. The molecule has 1 aromatic heterocycles. The van der Waals surface area contributed by atoms with Crippen molar-refractivity contribution in [3.63, 3.8) is 0 Å². The number of furan rings is 1. The quantitative estimate of drug-likeness (QED) is 0.181. The molecule has 0 saturated heterocycles. The molecule has 0 aliphatic heterocycles. The fourth-order valence-corrected chi connectivity index (χ4v) is 6.81. The molecular formula is C46H28O. The highest BCUT2D eigenvalue weighted by atomic mass is 16.3. The Bertz CT molecular complexity index is 3620. The lowest BCUT2D eigenvalue weighted by Gasteiger charge is -2.20. The van der Waals surface area contributed by atoms with E-state index in [9.17, 15) is 6.85 Å². The van der Waals surface area contributed by atoms with Gasteiger partial charge in [-0.25, -0.2) is 0 Å². The molecule has 0 atom stereocenters. The fourth-order valence-electron chi connectivity index (χ4n) is 6.81. The zero-order valence-electron chi connectivity index (χ0n) is 39.4. The van der Waals surface area contributed by atoms with Crippen molar-refractivity contribution in [3.05, 3.63) is 169 Å². The van der Waals surface area contributed by atoms with E-state index in [1.807, 2.05) is 54.6 Å². The molecule has 10 aromatic rings. The fraction of sp³-hybridized carbons (Fsp3) is 0. The Kier molecular flexibility index (Phi) is 3.33. The smallest absolute Gasteiger partial charge is 0.136 e. The van der Waals surface area contributed by atoms with Gasteiger partial charge < -0.3 is 4.42 Å². The Morgan fingerprint density at radius 2 is 1.00 bits per heavy atom. The first-order valence-corrected chi connectivity index (χ1v) is 15.0. The molecule has 47 heavy (non-hydrogen) atoms. The van der Waals surface area contributed by atoms with Crippen LogP contribution in [0, 0.1) is 0 Å². The summed E-state index contributed by atoms with van der Waals surface area (Å²) in [7, 11) is 0. The van der Waals surface area contributed by atoms with Gasteiger partial charge in [0.1, 0.15) is 11.2 Å². The van der Waals surface area contributed by atoms with Crippen molar-refractivity contribution >= 4 is 65.0 Å². The van der Waals surface area contributed by atoms with Gasteiger partial charge in [-0.3, -0.25) is 0 Å². The highest BCUT2D eigenvalue weighted by Crippen LogP contribution is 2.47. The summed E-state index contributed by atoms with van der Waals surface area (Å²) in [5.74, 6) is 0. The Labute approximate surface area is 293 Å². The number of hydrogen-bond donors (Lipinski definition) is 0. The molecule has 0 radical (unpaired) electrons. The molecule has 0 saturated carbocycles. The Balaban J connectivity index is 1.43.